The molecule has 0 saturated heterocycles. The molecule has 0 fully saturated rings. The van der Waals surface area contributed by atoms with E-state index >= 15 is 0 Å². The molecule has 0 spiro atoms. The third kappa shape index (κ3) is 2.45. The third-order valence-electron chi connectivity index (χ3n) is 2.52. The molecule has 0 saturated carbocycles. The van der Waals surface area contributed by atoms with Crippen molar-refractivity contribution in [1.29, 1.82) is 0 Å². The van der Waals surface area contributed by atoms with Gasteiger partial charge in [-0.25, -0.2) is 14.8 Å². The topological polar surface area (TPSA) is 63.1 Å². The Hall–Kier alpha value is -1.92. The molecule has 1 aromatic carbocycles. The molecule has 3 aromatic rings. The highest BCUT2D eigenvalue weighted by Crippen LogP contribution is 2.33. The van der Waals surface area contributed by atoms with Crippen molar-refractivity contribution in [3.8, 4) is 0 Å². The number of thiophene rings is 1. The lowest BCUT2D eigenvalue weighted by atomic mass is 10.2. The summed E-state index contributed by atoms with van der Waals surface area (Å²) in [7, 11) is 0. The van der Waals surface area contributed by atoms with Crippen molar-refractivity contribution < 1.29 is 9.90 Å². The molecule has 0 atom stereocenters. The monoisotopic (exact) mass is 288 g/mol. The van der Waals surface area contributed by atoms with Crippen LogP contribution in [0.15, 0.2) is 52.0 Å². The van der Waals surface area contributed by atoms with E-state index < -0.39 is 5.97 Å². The van der Waals surface area contributed by atoms with Crippen LogP contribution in [0.5, 0.6) is 0 Å². The predicted octanol–water partition coefficient (Wildman–Crippen LogP) is 3.54. The largest absolute Gasteiger partial charge is 0.478 e. The van der Waals surface area contributed by atoms with E-state index in [0.29, 0.717) is 0 Å². The molecule has 1 N–H and O–H groups in total. The van der Waals surface area contributed by atoms with E-state index in [1.807, 2.05) is 17.5 Å². The lowest BCUT2D eigenvalue weighted by Crippen LogP contribution is -1.95. The molecule has 94 valence electrons. The Morgan fingerprint density at radius 3 is 3.00 bits per heavy atom. The second kappa shape index (κ2) is 4.99. The summed E-state index contributed by atoms with van der Waals surface area (Å²) in [6, 6.07) is 8.80. The predicted molar refractivity (Wildman–Crippen MR) is 74.9 cm³/mol. The van der Waals surface area contributed by atoms with Crippen LogP contribution in [0, 0.1) is 0 Å². The molecule has 0 radical (unpaired) electrons. The van der Waals surface area contributed by atoms with Gasteiger partial charge in [-0.2, -0.15) is 0 Å². The zero-order valence-corrected chi connectivity index (χ0v) is 11.2. The molecule has 0 unspecified atom stereocenters. The lowest BCUT2D eigenvalue weighted by Gasteiger charge is -2.03. The molecular formula is C13H8N2O2S2. The maximum absolute atomic E-state index is 10.9. The summed E-state index contributed by atoms with van der Waals surface area (Å²) in [5.41, 5.74) is 0.278. The van der Waals surface area contributed by atoms with Crippen LogP contribution in [0.2, 0.25) is 0 Å². The minimum absolute atomic E-state index is 0.278. The first-order chi connectivity index (χ1) is 9.24. The number of aromatic nitrogens is 2. The van der Waals surface area contributed by atoms with Crippen LogP contribution in [0.4, 0.5) is 0 Å². The zero-order chi connectivity index (χ0) is 13.2. The van der Waals surface area contributed by atoms with Gasteiger partial charge in [-0.15, -0.1) is 11.3 Å². The Morgan fingerprint density at radius 2 is 2.16 bits per heavy atom. The number of fused-ring (bicyclic) bond motifs is 1. The molecule has 19 heavy (non-hydrogen) atoms. The smallest absolute Gasteiger partial charge is 0.335 e. The maximum atomic E-state index is 10.9. The number of rotatable bonds is 3. The van der Waals surface area contributed by atoms with Gasteiger partial charge in [0.05, 0.1) is 5.56 Å². The van der Waals surface area contributed by atoms with Crippen LogP contribution in [-0.2, 0) is 0 Å². The van der Waals surface area contributed by atoms with Crippen molar-refractivity contribution in [3.05, 3.63) is 47.6 Å². The quantitative estimate of drug-likeness (QED) is 0.747. The summed E-state index contributed by atoms with van der Waals surface area (Å²) in [5.74, 6) is -0.925. The number of carboxylic acids is 1. The van der Waals surface area contributed by atoms with Crippen molar-refractivity contribution >= 4 is 39.3 Å². The van der Waals surface area contributed by atoms with Gasteiger partial charge >= 0.3 is 5.97 Å². The van der Waals surface area contributed by atoms with E-state index in [0.717, 1.165) is 20.1 Å². The molecular weight excluding hydrogens is 280 g/mol. The molecule has 4 nitrogen and oxygen atoms in total. The number of hydrogen-bond donors (Lipinski definition) is 1. The van der Waals surface area contributed by atoms with E-state index in [2.05, 4.69) is 9.97 Å². The van der Waals surface area contributed by atoms with Gasteiger partial charge in [0.1, 0.15) is 16.2 Å². The number of nitrogens with zero attached hydrogens (tertiary/aromatic N) is 2. The van der Waals surface area contributed by atoms with Crippen LogP contribution in [-0.4, -0.2) is 21.0 Å². The molecule has 2 aromatic heterocycles. The second-order valence-corrected chi connectivity index (χ2v) is 5.71. The van der Waals surface area contributed by atoms with Gasteiger partial charge in [0.2, 0.25) is 0 Å². The summed E-state index contributed by atoms with van der Waals surface area (Å²) in [4.78, 5) is 21.2. The fourth-order valence-corrected chi connectivity index (χ4v) is 3.38. The summed E-state index contributed by atoms with van der Waals surface area (Å²) < 4.78 is 0. The van der Waals surface area contributed by atoms with Crippen molar-refractivity contribution in [1.82, 2.24) is 9.97 Å². The first-order valence-electron chi connectivity index (χ1n) is 5.43. The summed E-state index contributed by atoms with van der Waals surface area (Å²) in [6.07, 6.45) is 1.53. The fraction of sp³-hybridized carbons (Fsp3) is 0. The van der Waals surface area contributed by atoms with Gasteiger partial charge in [-0.3, -0.25) is 0 Å². The minimum atomic E-state index is -0.925. The maximum Gasteiger partial charge on any atom is 0.335 e. The number of aromatic carboxylic acids is 1. The number of hydrogen-bond acceptors (Lipinski definition) is 5. The minimum Gasteiger partial charge on any atom is -0.478 e. The Balaban J connectivity index is 1.99. The first kappa shape index (κ1) is 12.1. The van der Waals surface area contributed by atoms with Crippen molar-refractivity contribution in [2.24, 2.45) is 0 Å². The number of benzene rings is 1. The van der Waals surface area contributed by atoms with Crippen molar-refractivity contribution in [2.75, 3.05) is 0 Å². The zero-order valence-electron chi connectivity index (χ0n) is 9.61. The summed E-state index contributed by atoms with van der Waals surface area (Å²) >= 11 is 3.01. The van der Waals surface area contributed by atoms with E-state index in [1.54, 1.807) is 29.5 Å². The molecule has 6 heteroatoms. The molecule has 0 aliphatic carbocycles. The third-order valence-corrected chi connectivity index (χ3v) is 4.35. The van der Waals surface area contributed by atoms with Gasteiger partial charge in [-0.1, -0.05) is 17.8 Å². The average molecular weight is 288 g/mol. The van der Waals surface area contributed by atoms with E-state index in [1.165, 1.54) is 18.1 Å². The Labute approximate surface area is 117 Å². The highest BCUT2D eigenvalue weighted by molar-refractivity contribution is 7.99. The lowest BCUT2D eigenvalue weighted by molar-refractivity contribution is 0.0696. The molecule has 3 rings (SSSR count). The van der Waals surface area contributed by atoms with Gasteiger partial charge in [0, 0.05) is 10.3 Å². The van der Waals surface area contributed by atoms with Crippen molar-refractivity contribution in [2.45, 2.75) is 9.92 Å². The Bertz CT molecular complexity index is 755. The standard InChI is InChI=1S/C13H8N2O2S2/c16-13(17)8-2-1-3-9(6-8)19-12-10-4-5-18-11(10)14-7-15-12/h1-7H,(H,16,17). The SMILES string of the molecule is O=C(O)c1cccc(Sc2ncnc3sccc23)c1. The first-order valence-corrected chi connectivity index (χ1v) is 7.13. The van der Waals surface area contributed by atoms with Crippen LogP contribution < -0.4 is 0 Å². The summed E-state index contributed by atoms with van der Waals surface area (Å²) in [6.45, 7) is 0. The Kier molecular flexibility index (Phi) is 3.18. The van der Waals surface area contributed by atoms with Gasteiger partial charge in [-0.05, 0) is 29.6 Å². The van der Waals surface area contributed by atoms with Crippen LogP contribution in [0.25, 0.3) is 10.2 Å². The molecule has 0 aliphatic heterocycles. The second-order valence-electron chi connectivity index (χ2n) is 3.75. The fourth-order valence-electron chi connectivity index (χ4n) is 1.65. The summed E-state index contributed by atoms with van der Waals surface area (Å²) in [5, 5.41) is 12.8. The number of carboxylic acid groups (broad SMARTS) is 1. The van der Waals surface area contributed by atoms with E-state index in [4.69, 9.17) is 5.11 Å². The van der Waals surface area contributed by atoms with Gasteiger partial charge in [0.15, 0.2) is 0 Å². The number of carbonyl (C=O) groups is 1. The van der Waals surface area contributed by atoms with Crippen LogP contribution >= 0.6 is 23.1 Å². The van der Waals surface area contributed by atoms with Gasteiger partial charge < -0.3 is 5.11 Å². The van der Waals surface area contributed by atoms with Gasteiger partial charge in [0.25, 0.3) is 0 Å². The highest BCUT2D eigenvalue weighted by atomic mass is 32.2. The van der Waals surface area contributed by atoms with Crippen LogP contribution in [0.3, 0.4) is 0 Å². The van der Waals surface area contributed by atoms with E-state index in [9.17, 15) is 4.79 Å². The molecule has 2 heterocycles. The Morgan fingerprint density at radius 1 is 1.26 bits per heavy atom. The molecule has 0 amide bonds. The molecule has 0 aliphatic rings. The highest BCUT2D eigenvalue weighted by Gasteiger charge is 2.08. The van der Waals surface area contributed by atoms with Crippen LogP contribution in [0.1, 0.15) is 10.4 Å². The van der Waals surface area contributed by atoms with E-state index in [-0.39, 0.29) is 5.56 Å². The molecule has 0 bridgehead atoms. The normalized spacial score (nSPS) is 10.7. The average Bonchev–Trinajstić information content (AvgIpc) is 2.88. The van der Waals surface area contributed by atoms with Crippen molar-refractivity contribution in [3.63, 3.8) is 0 Å².